The first kappa shape index (κ1) is 33.3. The third-order valence-electron chi connectivity index (χ3n) is 7.72. The van der Waals surface area contributed by atoms with Crippen molar-refractivity contribution in [1.82, 2.24) is 9.47 Å². The number of piperazine rings is 1. The van der Waals surface area contributed by atoms with Crippen LogP contribution in [0.1, 0.15) is 61.8 Å². The number of rotatable bonds is 13. The Kier molecular flexibility index (Phi) is 11.4. The number of unbranched alkanes of at least 4 members (excludes halogenated alkanes) is 2. The monoisotopic (exact) mass is 623 g/mol. The molecule has 1 aromatic carbocycles. The summed E-state index contributed by atoms with van der Waals surface area (Å²) >= 11 is 0. The molecule has 0 aliphatic carbocycles. The quantitative estimate of drug-likeness (QED) is 0.143. The molecule has 2 aliphatic heterocycles. The van der Waals surface area contributed by atoms with Gasteiger partial charge in [0.05, 0.1) is 16.9 Å². The normalized spacial score (nSPS) is 16.0. The molecule has 1 aromatic heterocycles. The van der Waals surface area contributed by atoms with Crippen LogP contribution in [0.15, 0.2) is 17.1 Å². The van der Waals surface area contributed by atoms with Crippen LogP contribution in [0.3, 0.4) is 0 Å². The number of carbonyl (C=O) groups excluding carboxylic acids is 3. The van der Waals surface area contributed by atoms with Crippen molar-refractivity contribution >= 4 is 34.5 Å². The number of aromatic nitrogens is 1. The topological polar surface area (TPSA) is 117 Å². The maximum absolute atomic E-state index is 15.7. The average Bonchev–Trinajstić information content (AvgIpc) is 3.02. The zero-order valence-corrected chi connectivity index (χ0v) is 25.6. The summed E-state index contributed by atoms with van der Waals surface area (Å²) < 4.78 is 39.4. The highest BCUT2D eigenvalue weighted by Gasteiger charge is 2.32. The molecule has 240 valence electrons. The highest BCUT2D eigenvalue weighted by Crippen LogP contribution is 2.42. The lowest BCUT2D eigenvalue weighted by Crippen LogP contribution is -2.45. The first-order valence-electron chi connectivity index (χ1n) is 15.0. The number of carbonyl (C=O) groups is 3. The second-order valence-electron chi connectivity index (χ2n) is 11.2. The van der Waals surface area contributed by atoms with Gasteiger partial charge in [0, 0.05) is 58.1 Å². The third kappa shape index (κ3) is 8.14. The molecule has 45 heavy (non-hydrogen) atoms. The van der Waals surface area contributed by atoms with Crippen LogP contribution in [0.2, 0.25) is 0 Å². The van der Waals surface area contributed by atoms with Crippen LogP contribution in [0.25, 0.3) is 10.9 Å². The molecule has 0 spiro atoms. The van der Waals surface area contributed by atoms with Crippen molar-refractivity contribution in [3.63, 3.8) is 0 Å². The molecule has 11 nitrogen and oxygen atoms in total. The van der Waals surface area contributed by atoms with Crippen LogP contribution in [0.4, 0.5) is 10.1 Å². The number of hydrogen-bond donors (Lipinski definition) is 0. The second kappa shape index (κ2) is 15.4. The summed E-state index contributed by atoms with van der Waals surface area (Å²) in [6.45, 7) is 3.86. The lowest BCUT2D eigenvalue weighted by molar-refractivity contribution is -0.152. The van der Waals surface area contributed by atoms with E-state index in [4.69, 9.17) is 31.8 Å². The number of likely N-dealkylation sites (N-methyl/N-ethyl adjacent to an activating group) is 1. The van der Waals surface area contributed by atoms with Crippen molar-refractivity contribution in [2.75, 3.05) is 57.9 Å². The maximum atomic E-state index is 15.7. The fourth-order valence-electron chi connectivity index (χ4n) is 5.20. The SMILES string of the molecule is C#CCCCC(=O)OCC(COC(=O)CCCC#C)OC(=O)c1cn2c3c(c(N4CCN(C)CC4)c(F)cc3c1=O)OCC2C. The summed E-state index contributed by atoms with van der Waals surface area (Å²) in [6, 6.07) is 0.846. The summed E-state index contributed by atoms with van der Waals surface area (Å²) in [4.78, 5) is 55.5. The van der Waals surface area contributed by atoms with Gasteiger partial charge in [-0.15, -0.1) is 24.7 Å². The lowest BCUT2D eigenvalue weighted by Gasteiger charge is -2.37. The van der Waals surface area contributed by atoms with Gasteiger partial charge in [0.25, 0.3) is 0 Å². The molecule has 4 rings (SSSR count). The fraction of sp³-hybridized carbons (Fsp3) is 0.515. The van der Waals surface area contributed by atoms with Crippen molar-refractivity contribution in [3.8, 4) is 30.4 Å². The Hall–Kier alpha value is -4.55. The fourth-order valence-corrected chi connectivity index (χ4v) is 5.20. The number of terminal acetylenes is 2. The molecule has 0 saturated carbocycles. The summed E-state index contributed by atoms with van der Waals surface area (Å²) in [6.07, 6.45) is 12.3. The Balaban J connectivity index is 1.60. The summed E-state index contributed by atoms with van der Waals surface area (Å²) in [5, 5.41) is -0.0298. The van der Waals surface area contributed by atoms with Crippen LogP contribution < -0.4 is 15.1 Å². The molecule has 2 aliphatic rings. The van der Waals surface area contributed by atoms with E-state index in [1.165, 1.54) is 6.20 Å². The standard InChI is InChI=1S/C33H38FN3O8/c1-5-7-9-11-27(38)42-20-23(21-43-28(39)12-10-8-6-2)45-33(41)25-18-37-22(3)19-44-32-29(37)24(31(25)40)17-26(34)30(32)36-15-13-35(4)14-16-36/h1-2,17-18,22-23H,7-16,19-21H2,3-4H3. The van der Waals surface area contributed by atoms with Crippen LogP contribution in [-0.4, -0.2) is 86.5 Å². The zero-order valence-electron chi connectivity index (χ0n) is 25.6. The summed E-state index contributed by atoms with van der Waals surface area (Å²) in [5.74, 6) is 2.32. The van der Waals surface area contributed by atoms with Crippen LogP contribution in [0.5, 0.6) is 5.75 Å². The van der Waals surface area contributed by atoms with E-state index in [0.29, 0.717) is 50.0 Å². The van der Waals surface area contributed by atoms with Crippen molar-refractivity contribution < 1.29 is 37.7 Å². The lowest BCUT2D eigenvalue weighted by atomic mass is 10.1. The van der Waals surface area contributed by atoms with E-state index < -0.39 is 48.5 Å². The number of nitrogens with zero attached hydrogens (tertiary/aromatic N) is 3. The second-order valence-corrected chi connectivity index (χ2v) is 11.2. The Morgan fingerprint density at radius 2 is 1.64 bits per heavy atom. The molecule has 1 unspecified atom stereocenters. The number of benzene rings is 1. The zero-order chi connectivity index (χ0) is 32.5. The number of ether oxygens (including phenoxy) is 4. The molecule has 2 aromatic rings. The smallest absolute Gasteiger partial charge is 0.344 e. The van der Waals surface area contributed by atoms with Crippen LogP contribution in [-0.2, 0) is 23.8 Å². The molecule has 0 bridgehead atoms. The van der Waals surface area contributed by atoms with Crippen molar-refractivity contribution in [3.05, 3.63) is 33.9 Å². The van der Waals surface area contributed by atoms with E-state index in [1.807, 2.05) is 18.9 Å². The van der Waals surface area contributed by atoms with Gasteiger partial charge in [-0.25, -0.2) is 9.18 Å². The van der Waals surface area contributed by atoms with Crippen molar-refractivity contribution in [2.24, 2.45) is 0 Å². The minimum absolute atomic E-state index is 0.0298. The highest BCUT2D eigenvalue weighted by molar-refractivity contribution is 5.98. The van der Waals surface area contributed by atoms with Gasteiger partial charge < -0.3 is 33.3 Å². The first-order chi connectivity index (χ1) is 21.6. The molecule has 1 atom stereocenters. The Morgan fingerprint density at radius 3 is 2.22 bits per heavy atom. The van der Waals surface area contributed by atoms with Crippen molar-refractivity contribution in [2.45, 2.75) is 57.6 Å². The number of pyridine rings is 1. The molecule has 12 heteroatoms. The van der Waals surface area contributed by atoms with E-state index in [2.05, 4.69) is 16.7 Å². The van der Waals surface area contributed by atoms with Crippen LogP contribution in [0, 0.1) is 30.5 Å². The number of esters is 3. The predicted octanol–water partition coefficient (Wildman–Crippen LogP) is 3.06. The minimum atomic E-state index is -1.21. The summed E-state index contributed by atoms with van der Waals surface area (Å²) in [7, 11) is 2.00. The molecular formula is C33H38FN3O8. The van der Waals surface area contributed by atoms with Gasteiger partial charge in [-0.05, 0) is 32.9 Å². The van der Waals surface area contributed by atoms with E-state index in [0.717, 1.165) is 19.2 Å². The third-order valence-corrected chi connectivity index (χ3v) is 7.72. The Morgan fingerprint density at radius 1 is 1.04 bits per heavy atom. The Labute approximate surface area is 261 Å². The predicted molar refractivity (Wildman–Crippen MR) is 165 cm³/mol. The summed E-state index contributed by atoms with van der Waals surface area (Å²) in [5.41, 5.74) is -0.409. The number of halogens is 1. The largest absolute Gasteiger partial charge is 0.487 e. The Bertz CT molecular complexity index is 1530. The minimum Gasteiger partial charge on any atom is -0.487 e. The van der Waals surface area contributed by atoms with Crippen LogP contribution >= 0.6 is 0 Å². The molecular weight excluding hydrogens is 585 g/mol. The van der Waals surface area contributed by atoms with Gasteiger partial charge in [-0.2, -0.15) is 0 Å². The molecule has 1 saturated heterocycles. The molecule has 0 N–H and O–H groups in total. The molecule has 1 fully saturated rings. The molecule has 0 amide bonds. The highest BCUT2D eigenvalue weighted by atomic mass is 19.1. The van der Waals surface area contributed by atoms with E-state index in [-0.39, 0.29) is 42.2 Å². The number of anilines is 1. The van der Waals surface area contributed by atoms with E-state index >= 15 is 4.39 Å². The average molecular weight is 624 g/mol. The molecule has 0 radical (unpaired) electrons. The van der Waals surface area contributed by atoms with E-state index in [9.17, 15) is 19.2 Å². The van der Waals surface area contributed by atoms with Gasteiger partial charge in [0.1, 0.15) is 31.1 Å². The van der Waals surface area contributed by atoms with Gasteiger partial charge in [-0.1, -0.05) is 0 Å². The van der Waals surface area contributed by atoms with Gasteiger partial charge in [-0.3, -0.25) is 14.4 Å². The maximum Gasteiger partial charge on any atom is 0.344 e. The van der Waals surface area contributed by atoms with E-state index in [1.54, 1.807) is 4.57 Å². The van der Waals surface area contributed by atoms with Crippen molar-refractivity contribution in [1.29, 1.82) is 0 Å². The van der Waals surface area contributed by atoms with Gasteiger partial charge in [0.15, 0.2) is 17.7 Å². The van der Waals surface area contributed by atoms with Gasteiger partial charge >= 0.3 is 17.9 Å². The van der Waals surface area contributed by atoms with Gasteiger partial charge in [0.2, 0.25) is 5.43 Å². The molecule has 3 heterocycles. The number of hydrogen-bond acceptors (Lipinski definition) is 10. The first-order valence-corrected chi connectivity index (χ1v) is 15.0.